The highest BCUT2D eigenvalue weighted by Gasteiger charge is 2.51. The van der Waals surface area contributed by atoms with E-state index < -0.39 is 0 Å². The minimum Gasteiger partial charge on any atom is -0.361 e. The number of rotatable bonds is 3. The smallest absolute Gasteiger partial charge is 0.235 e. The average Bonchev–Trinajstić information content (AvgIpc) is 3.19. The van der Waals surface area contributed by atoms with Crippen molar-refractivity contribution in [3.05, 3.63) is 64.8 Å². The predicted molar refractivity (Wildman–Crippen MR) is 92.0 cm³/mol. The number of carbonyl (C=O) groups excluding carboxylic acids is 1. The van der Waals surface area contributed by atoms with Crippen molar-refractivity contribution in [2.75, 3.05) is 5.32 Å². The Morgan fingerprint density at radius 3 is 2.59 bits per heavy atom. The molecule has 4 rings (SSSR count). The first-order valence-corrected chi connectivity index (χ1v) is 8.12. The fourth-order valence-electron chi connectivity index (χ4n) is 2.98. The van der Waals surface area contributed by atoms with E-state index >= 15 is 0 Å². The molecule has 3 aromatic rings. The Morgan fingerprint density at radius 2 is 1.86 bits per heavy atom. The Balaban J connectivity index is 1.65. The van der Waals surface area contributed by atoms with Crippen LogP contribution in [0.15, 0.2) is 59.2 Å². The minimum atomic E-state index is -0.362. The number of anilines is 1. The summed E-state index contributed by atoms with van der Waals surface area (Å²) in [5, 5.41) is 4.16. The summed E-state index contributed by atoms with van der Waals surface area (Å²) in [5.41, 5.74) is 2.63. The van der Waals surface area contributed by atoms with Crippen LogP contribution in [0.3, 0.4) is 0 Å². The van der Waals surface area contributed by atoms with Crippen LogP contribution in [0.5, 0.6) is 0 Å². The van der Waals surface area contributed by atoms with Crippen LogP contribution in [0.4, 0.5) is 5.69 Å². The van der Waals surface area contributed by atoms with Crippen LogP contribution in [0.2, 0.25) is 0 Å². The lowest BCUT2D eigenvalue weighted by Crippen LogP contribution is -2.27. The number of hydrogen-bond donors (Lipinski definition) is 2. The zero-order chi connectivity index (χ0) is 15.2. The van der Waals surface area contributed by atoms with Gasteiger partial charge < -0.3 is 10.3 Å². The molecule has 22 heavy (non-hydrogen) atoms. The van der Waals surface area contributed by atoms with E-state index in [0.717, 1.165) is 39.5 Å². The van der Waals surface area contributed by atoms with Crippen molar-refractivity contribution in [2.45, 2.75) is 18.3 Å². The largest absolute Gasteiger partial charge is 0.361 e. The van der Waals surface area contributed by atoms with Gasteiger partial charge in [0.1, 0.15) is 0 Å². The van der Waals surface area contributed by atoms with E-state index in [9.17, 15) is 4.79 Å². The van der Waals surface area contributed by atoms with E-state index in [1.807, 2.05) is 54.7 Å². The average molecular weight is 355 g/mol. The molecule has 0 atom stereocenters. The quantitative estimate of drug-likeness (QED) is 0.709. The van der Waals surface area contributed by atoms with Gasteiger partial charge in [-0.05, 0) is 48.7 Å². The zero-order valence-electron chi connectivity index (χ0n) is 11.9. The number of aromatic nitrogens is 1. The second kappa shape index (κ2) is 4.99. The molecule has 0 aliphatic heterocycles. The van der Waals surface area contributed by atoms with Crippen LogP contribution < -0.4 is 5.32 Å². The SMILES string of the molecule is O=C(Nc1cccc2[nH]ccc12)C1(c2ccc(Br)cc2)CC1. The lowest BCUT2D eigenvalue weighted by Gasteiger charge is -2.16. The molecule has 1 aliphatic carbocycles. The first-order chi connectivity index (χ1) is 10.7. The van der Waals surface area contributed by atoms with E-state index in [0.29, 0.717) is 0 Å². The molecule has 1 fully saturated rings. The Labute approximate surface area is 136 Å². The fourth-order valence-corrected chi connectivity index (χ4v) is 3.24. The van der Waals surface area contributed by atoms with Gasteiger partial charge in [-0.1, -0.05) is 34.1 Å². The van der Waals surface area contributed by atoms with Crippen LogP contribution in [-0.4, -0.2) is 10.9 Å². The molecule has 110 valence electrons. The maximum Gasteiger partial charge on any atom is 0.235 e. The summed E-state index contributed by atoms with van der Waals surface area (Å²) in [7, 11) is 0. The van der Waals surface area contributed by atoms with E-state index in [1.54, 1.807) is 0 Å². The standard InChI is InChI=1S/C18H15BrN2O/c19-13-6-4-12(5-7-13)18(9-10-18)17(22)21-16-3-1-2-15-14(16)8-11-20-15/h1-8,11,20H,9-10H2,(H,21,22). The maximum atomic E-state index is 12.8. The Bertz CT molecular complexity index is 847. The van der Waals surface area contributed by atoms with Gasteiger partial charge in [0, 0.05) is 21.6 Å². The molecular weight excluding hydrogens is 340 g/mol. The molecule has 3 nitrogen and oxygen atoms in total. The highest BCUT2D eigenvalue weighted by atomic mass is 79.9. The third-order valence-electron chi connectivity index (χ3n) is 4.42. The van der Waals surface area contributed by atoms with Gasteiger partial charge in [0.15, 0.2) is 0 Å². The molecule has 4 heteroatoms. The highest BCUT2D eigenvalue weighted by Crippen LogP contribution is 2.49. The number of aromatic amines is 1. The van der Waals surface area contributed by atoms with Crippen molar-refractivity contribution < 1.29 is 4.79 Å². The summed E-state index contributed by atoms with van der Waals surface area (Å²) in [6.45, 7) is 0. The molecule has 1 aliphatic rings. The van der Waals surface area contributed by atoms with Crippen molar-refractivity contribution in [1.82, 2.24) is 4.98 Å². The van der Waals surface area contributed by atoms with Gasteiger partial charge >= 0.3 is 0 Å². The number of hydrogen-bond acceptors (Lipinski definition) is 1. The summed E-state index contributed by atoms with van der Waals surface area (Å²) >= 11 is 3.44. The molecule has 0 unspecified atom stereocenters. The van der Waals surface area contributed by atoms with Gasteiger partial charge in [-0.25, -0.2) is 0 Å². The van der Waals surface area contributed by atoms with Crippen molar-refractivity contribution >= 4 is 38.4 Å². The Hall–Kier alpha value is -2.07. The summed E-state index contributed by atoms with van der Waals surface area (Å²) in [4.78, 5) is 16.0. The summed E-state index contributed by atoms with van der Waals surface area (Å²) in [5.74, 6) is 0.0866. The maximum absolute atomic E-state index is 12.8. The van der Waals surface area contributed by atoms with Gasteiger partial charge in [0.2, 0.25) is 5.91 Å². The summed E-state index contributed by atoms with van der Waals surface area (Å²) in [6.07, 6.45) is 3.70. The lowest BCUT2D eigenvalue weighted by molar-refractivity contribution is -0.118. The number of amides is 1. The second-order valence-corrected chi connectivity index (χ2v) is 6.70. The topological polar surface area (TPSA) is 44.9 Å². The van der Waals surface area contributed by atoms with Crippen LogP contribution in [0, 0.1) is 0 Å². The molecule has 2 N–H and O–H groups in total. The molecule has 1 heterocycles. The van der Waals surface area contributed by atoms with Crippen LogP contribution >= 0.6 is 15.9 Å². The fraction of sp³-hybridized carbons (Fsp3) is 0.167. The molecular formula is C18H15BrN2O. The Kier molecular flexibility index (Phi) is 3.08. The number of halogens is 1. The van der Waals surface area contributed by atoms with Gasteiger partial charge in [0.05, 0.1) is 11.1 Å². The third-order valence-corrected chi connectivity index (χ3v) is 4.95. The van der Waals surface area contributed by atoms with Gasteiger partial charge in [-0.2, -0.15) is 0 Å². The first-order valence-electron chi connectivity index (χ1n) is 7.33. The number of nitrogens with one attached hydrogen (secondary N) is 2. The highest BCUT2D eigenvalue weighted by molar-refractivity contribution is 9.10. The first kappa shape index (κ1) is 13.6. The van der Waals surface area contributed by atoms with Gasteiger partial charge in [-0.3, -0.25) is 4.79 Å². The predicted octanol–water partition coefficient (Wildman–Crippen LogP) is 4.60. The molecule has 1 saturated carbocycles. The minimum absolute atomic E-state index is 0.0866. The zero-order valence-corrected chi connectivity index (χ0v) is 13.5. The number of fused-ring (bicyclic) bond motifs is 1. The molecule has 0 bridgehead atoms. The van der Waals surface area contributed by atoms with E-state index in [1.165, 1.54) is 0 Å². The van der Waals surface area contributed by atoms with E-state index in [2.05, 4.69) is 26.2 Å². The molecule has 0 radical (unpaired) electrons. The second-order valence-electron chi connectivity index (χ2n) is 5.79. The molecule has 0 saturated heterocycles. The molecule has 0 spiro atoms. The number of benzene rings is 2. The van der Waals surface area contributed by atoms with Crippen LogP contribution in [0.25, 0.3) is 10.9 Å². The molecule has 1 aromatic heterocycles. The van der Waals surface area contributed by atoms with Gasteiger partial charge in [-0.15, -0.1) is 0 Å². The normalized spacial score (nSPS) is 15.7. The lowest BCUT2D eigenvalue weighted by atomic mass is 9.95. The molecule has 2 aromatic carbocycles. The van der Waals surface area contributed by atoms with Crippen LogP contribution in [0.1, 0.15) is 18.4 Å². The number of carbonyl (C=O) groups is 1. The van der Waals surface area contributed by atoms with Crippen molar-refractivity contribution in [3.63, 3.8) is 0 Å². The third kappa shape index (κ3) is 2.15. The van der Waals surface area contributed by atoms with Crippen molar-refractivity contribution in [1.29, 1.82) is 0 Å². The molecule has 1 amide bonds. The van der Waals surface area contributed by atoms with Crippen molar-refractivity contribution in [3.8, 4) is 0 Å². The van der Waals surface area contributed by atoms with E-state index in [-0.39, 0.29) is 11.3 Å². The van der Waals surface area contributed by atoms with Crippen LogP contribution in [-0.2, 0) is 10.2 Å². The van der Waals surface area contributed by atoms with Gasteiger partial charge in [0.25, 0.3) is 0 Å². The summed E-state index contributed by atoms with van der Waals surface area (Å²) < 4.78 is 1.03. The Morgan fingerprint density at radius 1 is 1.09 bits per heavy atom. The van der Waals surface area contributed by atoms with E-state index in [4.69, 9.17) is 0 Å². The summed E-state index contributed by atoms with van der Waals surface area (Å²) in [6, 6.07) is 16.0. The monoisotopic (exact) mass is 354 g/mol. The number of H-pyrrole nitrogens is 1. The van der Waals surface area contributed by atoms with Crippen molar-refractivity contribution in [2.24, 2.45) is 0 Å².